The van der Waals surface area contributed by atoms with Gasteiger partial charge in [0.25, 0.3) is 11.7 Å². The van der Waals surface area contributed by atoms with Gasteiger partial charge in [-0.3, -0.25) is 14.5 Å². The number of benzene rings is 2. The van der Waals surface area contributed by atoms with E-state index in [0.29, 0.717) is 54.4 Å². The molecule has 0 aliphatic carbocycles. The lowest BCUT2D eigenvalue weighted by Crippen LogP contribution is -2.39. The van der Waals surface area contributed by atoms with Gasteiger partial charge in [0, 0.05) is 31.7 Å². The number of aliphatic hydroxyl groups excluding tert-OH is 1. The van der Waals surface area contributed by atoms with Crippen molar-refractivity contribution in [1.29, 1.82) is 0 Å². The van der Waals surface area contributed by atoms with Crippen LogP contribution in [0, 0.1) is 0 Å². The third kappa shape index (κ3) is 4.90. The van der Waals surface area contributed by atoms with E-state index in [2.05, 4.69) is 4.90 Å². The summed E-state index contributed by atoms with van der Waals surface area (Å²) < 4.78 is 20.9. The lowest BCUT2D eigenvalue weighted by molar-refractivity contribution is -0.140. The second-order valence-corrected chi connectivity index (χ2v) is 8.98. The fourth-order valence-corrected chi connectivity index (χ4v) is 4.87. The summed E-state index contributed by atoms with van der Waals surface area (Å²) in [5.74, 6) is -1.24. The highest BCUT2D eigenvalue weighted by Crippen LogP contribution is 2.41. The summed E-state index contributed by atoms with van der Waals surface area (Å²) in [7, 11) is 1.30. The second-order valence-electron chi connectivity index (χ2n) is 8.98. The first-order chi connectivity index (χ1) is 18.0. The van der Waals surface area contributed by atoms with Crippen molar-refractivity contribution < 1.29 is 38.4 Å². The molecule has 10 heteroatoms. The molecule has 0 aromatic heterocycles. The van der Waals surface area contributed by atoms with Crippen molar-refractivity contribution in [2.45, 2.75) is 12.5 Å². The predicted octanol–water partition coefficient (Wildman–Crippen LogP) is 2.35. The maximum atomic E-state index is 13.3. The van der Waals surface area contributed by atoms with E-state index in [9.17, 15) is 19.5 Å². The number of rotatable bonds is 7. The van der Waals surface area contributed by atoms with Crippen molar-refractivity contribution >= 4 is 23.4 Å². The summed E-state index contributed by atoms with van der Waals surface area (Å²) in [6.07, 6.45) is 0.647. The molecule has 2 aromatic rings. The third-order valence-electron chi connectivity index (χ3n) is 6.81. The van der Waals surface area contributed by atoms with Crippen LogP contribution in [0.5, 0.6) is 11.5 Å². The van der Waals surface area contributed by atoms with Gasteiger partial charge >= 0.3 is 5.97 Å². The fourth-order valence-electron chi connectivity index (χ4n) is 4.87. The smallest absolute Gasteiger partial charge is 0.337 e. The number of esters is 1. The van der Waals surface area contributed by atoms with Crippen molar-refractivity contribution in [2.24, 2.45) is 0 Å². The molecule has 1 unspecified atom stereocenters. The Bertz CT molecular complexity index is 1230. The Balaban J connectivity index is 1.49. The molecule has 3 heterocycles. The van der Waals surface area contributed by atoms with E-state index in [1.54, 1.807) is 42.5 Å². The number of amides is 1. The quantitative estimate of drug-likeness (QED) is 0.260. The Morgan fingerprint density at radius 2 is 1.70 bits per heavy atom. The third-order valence-corrected chi connectivity index (χ3v) is 6.81. The van der Waals surface area contributed by atoms with Crippen LogP contribution < -0.4 is 9.47 Å². The molecule has 1 atom stereocenters. The molecule has 0 saturated carbocycles. The number of fused-ring (bicyclic) bond motifs is 1. The molecular formula is C27H28N2O8. The summed E-state index contributed by atoms with van der Waals surface area (Å²) in [6.45, 7) is 4.13. The van der Waals surface area contributed by atoms with Gasteiger partial charge in [-0.05, 0) is 42.3 Å². The van der Waals surface area contributed by atoms with Gasteiger partial charge in [0.05, 0.1) is 37.5 Å². The van der Waals surface area contributed by atoms with Gasteiger partial charge in [0.2, 0.25) is 6.79 Å². The van der Waals surface area contributed by atoms with Crippen LogP contribution in [-0.4, -0.2) is 85.9 Å². The fraction of sp³-hybridized carbons (Fsp3) is 0.370. The number of aliphatic hydroxyl groups is 1. The number of carbonyl (C=O) groups is 3. The van der Waals surface area contributed by atoms with E-state index < -0.39 is 23.7 Å². The van der Waals surface area contributed by atoms with E-state index in [1.807, 2.05) is 0 Å². The second kappa shape index (κ2) is 10.6. The van der Waals surface area contributed by atoms with E-state index in [0.717, 1.165) is 19.6 Å². The molecule has 10 nitrogen and oxygen atoms in total. The normalized spacial score (nSPS) is 20.9. The lowest BCUT2D eigenvalue weighted by atomic mass is 9.94. The van der Waals surface area contributed by atoms with Crippen molar-refractivity contribution in [3.63, 3.8) is 0 Å². The lowest BCUT2D eigenvalue weighted by Gasteiger charge is -2.29. The zero-order chi connectivity index (χ0) is 25.9. The van der Waals surface area contributed by atoms with Crippen molar-refractivity contribution in [3.8, 4) is 11.5 Å². The Labute approximate surface area is 214 Å². The monoisotopic (exact) mass is 508 g/mol. The molecule has 3 aliphatic heterocycles. The minimum absolute atomic E-state index is 0.0129. The number of likely N-dealkylation sites (tertiary alicyclic amines) is 1. The molecule has 3 aliphatic rings. The summed E-state index contributed by atoms with van der Waals surface area (Å²) in [5, 5.41) is 11.3. The molecule has 1 amide bonds. The van der Waals surface area contributed by atoms with Crippen LogP contribution in [0.4, 0.5) is 0 Å². The first-order valence-corrected chi connectivity index (χ1v) is 12.1. The number of carbonyl (C=O) groups excluding carboxylic acids is 3. The van der Waals surface area contributed by atoms with E-state index >= 15 is 0 Å². The highest BCUT2D eigenvalue weighted by molar-refractivity contribution is 6.46. The highest BCUT2D eigenvalue weighted by atomic mass is 16.7. The zero-order valence-electron chi connectivity index (χ0n) is 20.5. The van der Waals surface area contributed by atoms with Gasteiger partial charge < -0.3 is 29.0 Å². The number of hydrogen-bond acceptors (Lipinski definition) is 9. The van der Waals surface area contributed by atoms with Crippen LogP contribution in [0.15, 0.2) is 48.0 Å². The molecule has 0 bridgehead atoms. The molecule has 2 aromatic carbocycles. The van der Waals surface area contributed by atoms with E-state index in [1.165, 1.54) is 12.0 Å². The van der Waals surface area contributed by atoms with Gasteiger partial charge in [0.15, 0.2) is 11.5 Å². The Morgan fingerprint density at radius 1 is 1.00 bits per heavy atom. The zero-order valence-corrected chi connectivity index (χ0v) is 20.5. The maximum absolute atomic E-state index is 13.3. The number of morpholine rings is 1. The van der Waals surface area contributed by atoms with Crippen LogP contribution in [-0.2, 0) is 19.1 Å². The van der Waals surface area contributed by atoms with Crippen molar-refractivity contribution in [1.82, 2.24) is 9.80 Å². The largest absolute Gasteiger partial charge is 0.507 e. The number of ether oxygens (including phenoxy) is 4. The molecule has 1 N–H and O–H groups in total. The minimum Gasteiger partial charge on any atom is -0.507 e. The van der Waals surface area contributed by atoms with Crippen LogP contribution in [0.2, 0.25) is 0 Å². The van der Waals surface area contributed by atoms with Gasteiger partial charge in [-0.1, -0.05) is 12.1 Å². The van der Waals surface area contributed by atoms with Crippen LogP contribution in [0.25, 0.3) is 5.76 Å². The highest BCUT2D eigenvalue weighted by Gasteiger charge is 2.46. The molecule has 194 valence electrons. The van der Waals surface area contributed by atoms with Crippen molar-refractivity contribution in [2.75, 3.05) is 53.3 Å². The Kier molecular flexibility index (Phi) is 7.11. The Hall–Kier alpha value is -3.89. The molecule has 0 spiro atoms. The van der Waals surface area contributed by atoms with Crippen molar-refractivity contribution in [3.05, 3.63) is 64.7 Å². The number of methoxy groups -OCH3 is 1. The average molecular weight is 509 g/mol. The first kappa shape index (κ1) is 24.8. The topological polar surface area (TPSA) is 115 Å². The molecule has 5 rings (SSSR count). The SMILES string of the molecule is COC(=O)c1ccc(C2C(=C(O)c3ccc4c(c3)OCO4)C(=O)C(=O)N2CCCN2CCOCC2)cc1. The van der Waals surface area contributed by atoms with E-state index in [-0.39, 0.29) is 18.1 Å². The number of nitrogens with zero attached hydrogens (tertiary/aromatic N) is 2. The molecule has 2 fully saturated rings. The summed E-state index contributed by atoms with van der Waals surface area (Å²) in [5.41, 5.74) is 1.26. The predicted molar refractivity (Wildman–Crippen MR) is 131 cm³/mol. The summed E-state index contributed by atoms with van der Waals surface area (Å²) >= 11 is 0. The molecule has 37 heavy (non-hydrogen) atoms. The molecule has 2 saturated heterocycles. The van der Waals surface area contributed by atoms with Gasteiger partial charge in [0.1, 0.15) is 5.76 Å². The van der Waals surface area contributed by atoms with Gasteiger partial charge in [-0.2, -0.15) is 0 Å². The maximum Gasteiger partial charge on any atom is 0.337 e. The van der Waals surface area contributed by atoms with Gasteiger partial charge in [-0.15, -0.1) is 0 Å². The number of Topliss-reactive ketones (excluding diaryl/α,β-unsaturated/α-hetero) is 1. The van der Waals surface area contributed by atoms with Crippen LogP contribution in [0.1, 0.15) is 33.9 Å². The van der Waals surface area contributed by atoms with Gasteiger partial charge in [-0.25, -0.2) is 4.79 Å². The van der Waals surface area contributed by atoms with E-state index in [4.69, 9.17) is 18.9 Å². The summed E-state index contributed by atoms with van der Waals surface area (Å²) in [4.78, 5) is 42.2. The average Bonchev–Trinajstić information content (AvgIpc) is 3.50. The van der Waals surface area contributed by atoms with Crippen LogP contribution >= 0.6 is 0 Å². The molecular weight excluding hydrogens is 480 g/mol. The Morgan fingerprint density at radius 3 is 2.43 bits per heavy atom. The number of hydrogen-bond donors (Lipinski definition) is 1. The molecule has 0 radical (unpaired) electrons. The van der Waals surface area contributed by atoms with Crippen LogP contribution in [0.3, 0.4) is 0 Å². The minimum atomic E-state index is -0.818. The summed E-state index contributed by atoms with van der Waals surface area (Å²) in [6, 6.07) is 10.5. The number of ketones is 1. The standard InChI is InChI=1S/C27H28N2O8/c1-34-27(33)18-5-3-17(4-6-18)23-22(24(30)19-7-8-20-21(15-19)37-16-36-20)25(31)26(32)29(23)10-2-9-28-11-13-35-14-12-28/h3-8,15,23,30H,2,9-14,16H2,1H3. The first-order valence-electron chi connectivity index (χ1n) is 12.1.